The lowest BCUT2D eigenvalue weighted by molar-refractivity contribution is 0.429. The lowest BCUT2D eigenvalue weighted by atomic mass is 9.99. The molecule has 0 spiro atoms. The average Bonchev–Trinajstić information content (AvgIpc) is 2.66. The third-order valence-corrected chi connectivity index (χ3v) is 3.39. The smallest absolute Gasteiger partial charge is 0.188 e. The molecule has 1 fully saturated rings. The first-order valence-electron chi connectivity index (χ1n) is 6.16. The van der Waals surface area contributed by atoms with E-state index in [1.165, 1.54) is 25.7 Å². The summed E-state index contributed by atoms with van der Waals surface area (Å²) in [4.78, 5) is 4.39. The van der Waals surface area contributed by atoms with Crippen molar-refractivity contribution in [3.63, 3.8) is 0 Å². The van der Waals surface area contributed by atoms with Crippen molar-refractivity contribution < 1.29 is 0 Å². The first kappa shape index (κ1) is 12.3. The van der Waals surface area contributed by atoms with E-state index in [-0.39, 0.29) is 0 Å². The van der Waals surface area contributed by atoms with Gasteiger partial charge in [-0.1, -0.05) is 33.6 Å². The van der Waals surface area contributed by atoms with Crippen LogP contribution in [-0.2, 0) is 0 Å². The first-order chi connectivity index (χ1) is 7.09. The van der Waals surface area contributed by atoms with Gasteiger partial charge in [0.25, 0.3) is 0 Å². The number of aliphatic imine (C=N–C) groups is 1. The summed E-state index contributed by atoms with van der Waals surface area (Å²) in [6.45, 7) is 7.50. The van der Waals surface area contributed by atoms with Crippen LogP contribution in [0.15, 0.2) is 4.99 Å². The van der Waals surface area contributed by atoms with Gasteiger partial charge in [0.05, 0.1) is 0 Å². The van der Waals surface area contributed by atoms with Crippen LogP contribution >= 0.6 is 0 Å². The molecule has 0 aromatic carbocycles. The van der Waals surface area contributed by atoms with Gasteiger partial charge in [-0.2, -0.15) is 0 Å². The molecular formula is C12H25N3. The second kappa shape index (κ2) is 5.99. The van der Waals surface area contributed by atoms with Gasteiger partial charge < -0.3 is 11.1 Å². The summed E-state index contributed by atoms with van der Waals surface area (Å²) in [6, 6.07) is 0.572. The van der Waals surface area contributed by atoms with Crippen molar-refractivity contribution in [1.82, 2.24) is 5.32 Å². The Hall–Kier alpha value is -0.730. The van der Waals surface area contributed by atoms with Crippen LogP contribution in [0, 0.1) is 11.8 Å². The van der Waals surface area contributed by atoms with Crippen LogP contribution in [0.3, 0.4) is 0 Å². The Balaban J connectivity index is 2.25. The zero-order chi connectivity index (χ0) is 11.3. The van der Waals surface area contributed by atoms with Gasteiger partial charge in [0.2, 0.25) is 0 Å². The number of nitrogens with one attached hydrogen (secondary N) is 1. The van der Waals surface area contributed by atoms with Gasteiger partial charge in [0.15, 0.2) is 5.96 Å². The largest absolute Gasteiger partial charge is 0.370 e. The van der Waals surface area contributed by atoms with Gasteiger partial charge in [-0.15, -0.1) is 0 Å². The summed E-state index contributed by atoms with van der Waals surface area (Å²) in [5.41, 5.74) is 5.84. The van der Waals surface area contributed by atoms with Gasteiger partial charge in [-0.05, 0) is 24.7 Å². The summed E-state index contributed by atoms with van der Waals surface area (Å²) < 4.78 is 0. The molecule has 0 heterocycles. The normalized spacial score (nSPS) is 20.9. The maximum Gasteiger partial charge on any atom is 0.188 e. The summed E-state index contributed by atoms with van der Waals surface area (Å²) in [7, 11) is 0. The number of nitrogens with zero attached hydrogens (tertiary/aromatic N) is 1. The van der Waals surface area contributed by atoms with Crippen LogP contribution < -0.4 is 11.1 Å². The number of nitrogens with two attached hydrogens (primary N) is 1. The molecule has 1 atom stereocenters. The Morgan fingerprint density at radius 1 is 1.33 bits per heavy atom. The van der Waals surface area contributed by atoms with Gasteiger partial charge >= 0.3 is 0 Å². The van der Waals surface area contributed by atoms with Crippen molar-refractivity contribution in [3.05, 3.63) is 0 Å². The van der Waals surface area contributed by atoms with E-state index in [0.717, 1.165) is 6.54 Å². The van der Waals surface area contributed by atoms with Crippen molar-refractivity contribution in [1.29, 1.82) is 0 Å². The second-order valence-electron chi connectivity index (χ2n) is 5.07. The molecule has 0 aromatic rings. The van der Waals surface area contributed by atoms with E-state index >= 15 is 0 Å². The summed E-state index contributed by atoms with van der Waals surface area (Å²) in [5, 5.41) is 3.30. The fourth-order valence-electron chi connectivity index (χ4n) is 1.78. The van der Waals surface area contributed by atoms with Gasteiger partial charge in [0.1, 0.15) is 0 Å². The Bertz CT molecular complexity index is 205. The minimum Gasteiger partial charge on any atom is -0.370 e. The molecule has 3 N–H and O–H groups in total. The first-order valence-corrected chi connectivity index (χ1v) is 6.16. The van der Waals surface area contributed by atoms with Crippen molar-refractivity contribution in [3.8, 4) is 0 Å². The predicted molar refractivity (Wildman–Crippen MR) is 65.9 cm³/mol. The van der Waals surface area contributed by atoms with Gasteiger partial charge in [-0.3, -0.25) is 4.99 Å². The molecule has 0 radical (unpaired) electrons. The van der Waals surface area contributed by atoms with E-state index in [1.54, 1.807) is 0 Å². The monoisotopic (exact) mass is 211 g/mol. The van der Waals surface area contributed by atoms with Crippen LogP contribution in [0.4, 0.5) is 0 Å². The molecule has 0 aliphatic heterocycles. The van der Waals surface area contributed by atoms with Crippen molar-refractivity contribution in [2.24, 2.45) is 22.6 Å². The third kappa shape index (κ3) is 4.54. The Morgan fingerprint density at radius 2 is 1.93 bits per heavy atom. The highest BCUT2D eigenvalue weighted by atomic mass is 15.1. The van der Waals surface area contributed by atoms with Gasteiger partial charge in [0, 0.05) is 12.6 Å². The Kier molecular flexibility index (Phi) is 4.92. The second-order valence-corrected chi connectivity index (χ2v) is 5.07. The topological polar surface area (TPSA) is 50.4 Å². The molecule has 1 aliphatic rings. The molecule has 1 rings (SSSR count). The number of rotatable bonds is 4. The van der Waals surface area contributed by atoms with Gasteiger partial charge in [-0.25, -0.2) is 0 Å². The molecule has 88 valence electrons. The van der Waals surface area contributed by atoms with Crippen LogP contribution in [0.1, 0.15) is 46.5 Å². The van der Waals surface area contributed by atoms with Crippen LogP contribution in [-0.4, -0.2) is 18.5 Å². The Labute approximate surface area is 93.5 Å². The minimum atomic E-state index is 0.572. The molecule has 15 heavy (non-hydrogen) atoms. The lowest BCUT2D eigenvalue weighted by Gasteiger charge is -2.15. The molecule has 0 bridgehead atoms. The lowest BCUT2D eigenvalue weighted by Crippen LogP contribution is -2.38. The highest BCUT2D eigenvalue weighted by Gasteiger charge is 2.15. The SMILES string of the molecule is CC(C)C(C)CN=C(N)NC1CCCC1. The summed E-state index contributed by atoms with van der Waals surface area (Å²) in [6.07, 6.45) is 5.15. The molecule has 1 unspecified atom stereocenters. The minimum absolute atomic E-state index is 0.572. The molecule has 0 amide bonds. The molecule has 0 aromatic heterocycles. The molecular weight excluding hydrogens is 186 g/mol. The van der Waals surface area contributed by atoms with Crippen LogP contribution in [0.2, 0.25) is 0 Å². The fourth-order valence-corrected chi connectivity index (χ4v) is 1.78. The molecule has 3 heteroatoms. The fraction of sp³-hybridized carbons (Fsp3) is 0.917. The maximum absolute atomic E-state index is 5.84. The summed E-state index contributed by atoms with van der Waals surface area (Å²) >= 11 is 0. The average molecular weight is 211 g/mol. The highest BCUT2D eigenvalue weighted by molar-refractivity contribution is 5.78. The molecule has 3 nitrogen and oxygen atoms in total. The van der Waals surface area contributed by atoms with E-state index < -0.39 is 0 Å². The van der Waals surface area contributed by atoms with E-state index in [4.69, 9.17) is 5.73 Å². The zero-order valence-electron chi connectivity index (χ0n) is 10.3. The van der Waals surface area contributed by atoms with E-state index in [1.807, 2.05) is 0 Å². The van der Waals surface area contributed by atoms with Crippen molar-refractivity contribution in [2.45, 2.75) is 52.5 Å². The third-order valence-electron chi connectivity index (χ3n) is 3.39. The van der Waals surface area contributed by atoms with E-state index in [2.05, 4.69) is 31.1 Å². The number of guanidine groups is 1. The number of hydrogen-bond donors (Lipinski definition) is 2. The predicted octanol–water partition coefficient (Wildman–Crippen LogP) is 2.13. The highest BCUT2D eigenvalue weighted by Crippen LogP contribution is 2.17. The zero-order valence-corrected chi connectivity index (χ0v) is 10.3. The standard InChI is InChI=1S/C12H25N3/c1-9(2)10(3)8-14-12(13)15-11-6-4-5-7-11/h9-11H,4-8H2,1-3H3,(H3,13,14,15). The van der Waals surface area contributed by atoms with Crippen molar-refractivity contribution >= 4 is 5.96 Å². The van der Waals surface area contributed by atoms with E-state index in [0.29, 0.717) is 23.8 Å². The van der Waals surface area contributed by atoms with E-state index in [9.17, 15) is 0 Å². The molecule has 0 saturated heterocycles. The Morgan fingerprint density at radius 3 is 2.47 bits per heavy atom. The quantitative estimate of drug-likeness (QED) is 0.553. The summed E-state index contributed by atoms with van der Waals surface area (Å²) in [5.74, 6) is 1.91. The molecule has 1 aliphatic carbocycles. The van der Waals surface area contributed by atoms with Crippen LogP contribution in [0.25, 0.3) is 0 Å². The number of hydrogen-bond acceptors (Lipinski definition) is 1. The van der Waals surface area contributed by atoms with Crippen molar-refractivity contribution in [2.75, 3.05) is 6.54 Å². The van der Waals surface area contributed by atoms with Crippen LogP contribution in [0.5, 0.6) is 0 Å². The maximum atomic E-state index is 5.84. The molecule has 1 saturated carbocycles.